The van der Waals surface area contributed by atoms with Crippen LogP contribution in [0.1, 0.15) is 73.1 Å². The fraction of sp³-hybridized carbons (Fsp3) is 0.545. The van der Waals surface area contributed by atoms with Crippen LogP contribution in [0.15, 0.2) is 18.2 Å². The van der Waals surface area contributed by atoms with E-state index in [9.17, 15) is 29.3 Å². The summed E-state index contributed by atoms with van der Waals surface area (Å²) in [6, 6.07) is 2.54. The Labute approximate surface area is 185 Å². The molecule has 1 aromatic carbocycles. The Morgan fingerprint density at radius 2 is 1.88 bits per heavy atom. The van der Waals surface area contributed by atoms with E-state index in [1.165, 1.54) is 12.1 Å². The van der Waals surface area contributed by atoms with Gasteiger partial charge in [-0.25, -0.2) is 4.79 Å². The first-order chi connectivity index (χ1) is 15.2. The second-order valence-corrected chi connectivity index (χ2v) is 8.59. The van der Waals surface area contributed by atoms with Crippen molar-refractivity contribution in [1.82, 2.24) is 10.2 Å². The average molecular weight is 445 g/mol. The number of rotatable bonds is 8. The fourth-order valence-corrected chi connectivity index (χ4v) is 4.22. The predicted octanol–water partition coefficient (Wildman–Crippen LogP) is 2.60. The molecular weight excluding hydrogens is 418 g/mol. The van der Waals surface area contributed by atoms with Crippen LogP contribution >= 0.6 is 0 Å². The summed E-state index contributed by atoms with van der Waals surface area (Å²) in [6.07, 6.45) is 5.06. The highest BCUT2D eigenvalue weighted by Crippen LogP contribution is 2.33. The van der Waals surface area contributed by atoms with Crippen molar-refractivity contribution in [2.75, 3.05) is 6.61 Å². The van der Waals surface area contributed by atoms with Crippen LogP contribution in [0, 0.1) is 16.0 Å². The number of carbonyl (C=O) groups is 4. The molecule has 10 heteroatoms. The molecule has 1 atom stereocenters. The monoisotopic (exact) mass is 445 g/mol. The molecule has 0 radical (unpaired) electrons. The predicted molar refractivity (Wildman–Crippen MR) is 113 cm³/mol. The molecule has 1 heterocycles. The second kappa shape index (κ2) is 9.88. The minimum Gasteiger partial charge on any atom is -0.454 e. The summed E-state index contributed by atoms with van der Waals surface area (Å²) in [5, 5.41) is 14.2. The van der Waals surface area contributed by atoms with Crippen LogP contribution in [-0.4, -0.2) is 52.2 Å². The molecule has 0 saturated heterocycles. The number of hydrogen-bond donors (Lipinski definition) is 1. The maximum absolute atomic E-state index is 13.0. The van der Waals surface area contributed by atoms with Crippen LogP contribution in [-0.2, 0) is 14.3 Å². The first-order valence-corrected chi connectivity index (χ1v) is 10.8. The van der Waals surface area contributed by atoms with Crippen molar-refractivity contribution < 1.29 is 28.8 Å². The molecule has 3 rings (SSSR count). The van der Waals surface area contributed by atoms with Crippen LogP contribution in [0.3, 0.4) is 0 Å². The zero-order valence-corrected chi connectivity index (χ0v) is 18.2. The van der Waals surface area contributed by atoms with Gasteiger partial charge in [-0.2, -0.15) is 0 Å². The van der Waals surface area contributed by atoms with Gasteiger partial charge in [0.15, 0.2) is 6.61 Å². The lowest BCUT2D eigenvalue weighted by Crippen LogP contribution is -2.47. The molecule has 3 amide bonds. The zero-order chi connectivity index (χ0) is 23.4. The summed E-state index contributed by atoms with van der Waals surface area (Å²) in [6.45, 7) is 3.08. The Kier molecular flexibility index (Phi) is 7.22. The molecule has 1 aromatic rings. The number of nitro groups is 1. The third-order valence-corrected chi connectivity index (χ3v) is 5.72. The van der Waals surface area contributed by atoms with Gasteiger partial charge in [0.25, 0.3) is 23.4 Å². The molecule has 1 saturated carbocycles. The molecule has 0 aromatic heterocycles. The van der Waals surface area contributed by atoms with Crippen molar-refractivity contribution in [3.63, 3.8) is 0 Å². The van der Waals surface area contributed by atoms with Gasteiger partial charge in [0.05, 0.1) is 10.5 Å². The summed E-state index contributed by atoms with van der Waals surface area (Å²) in [7, 11) is 0. The van der Waals surface area contributed by atoms with E-state index in [0.29, 0.717) is 0 Å². The number of esters is 1. The van der Waals surface area contributed by atoms with E-state index in [1.807, 2.05) is 0 Å². The first kappa shape index (κ1) is 23.4. The zero-order valence-electron chi connectivity index (χ0n) is 18.2. The summed E-state index contributed by atoms with van der Waals surface area (Å²) >= 11 is 0. The molecule has 10 nitrogen and oxygen atoms in total. The topological polar surface area (TPSA) is 136 Å². The third-order valence-electron chi connectivity index (χ3n) is 5.72. The number of imide groups is 1. The fourth-order valence-electron chi connectivity index (χ4n) is 4.22. The van der Waals surface area contributed by atoms with Gasteiger partial charge in [-0.05, 0) is 31.2 Å². The minimum atomic E-state index is -1.29. The van der Waals surface area contributed by atoms with Gasteiger partial charge in [0, 0.05) is 12.1 Å². The number of ether oxygens (including phenoxy) is 1. The van der Waals surface area contributed by atoms with Crippen molar-refractivity contribution in [2.24, 2.45) is 5.92 Å². The lowest BCUT2D eigenvalue weighted by molar-refractivity contribution is -0.385. The van der Waals surface area contributed by atoms with Crippen LogP contribution in [0.2, 0.25) is 0 Å². The van der Waals surface area contributed by atoms with Crippen molar-refractivity contribution in [3.8, 4) is 0 Å². The molecule has 1 unspecified atom stereocenters. The largest absolute Gasteiger partial charge is 0.454 e. The van der Waals surface area contributed by atoms with Crippen molar-refractivity contribution in [3.05, 3.63) is 39.4 Å². The molecule has 32 heavy (non-hydrogen) atoms. The second-order valence-electron chi connectivity index (χ2n) is 8.59. The van der Waals surface area contributed by atoms with Gasteiger partial charge in [-0.1, -0.05) is 39.2 Å². The Bertz CT molecular complexity index is 937. The maximum Gasteiger partial charge on any atom is 0.329 e. The number of fused-ring (bicyclic) bond motifs is 1. The number of benzene rings is 1. The quantitative estimate of drug-likeness (QED) is 0.281. The highest BCUT2D eigenvalue weighted by atomic mass is 16.6. The highest BCUT2D eigenvalue weighted by molar-refractivity contribution is 6.24. The summed E-state index contributed by atoms with van der Waals surface area (Å²) in [4.78, 5) is 62.2. The minimum absolute atomic E-state index is 0.0539. The summed E-state index contributed by atoms with van der Waals surface area (Å²) < 4.78 is 5.16. The summed E-state index contributed by atoms with van der Waals surface area (Å²) in [5.41, 5.74) is -0.952. The van der Waals surface area contributed by atoms with E-state index >= 15 is 0 Å². The smallest absolute Gasteiger partial charge is 0.329 e. The van der Waals surface area contributed by atoms with Gasteiger partial charge in [-0.3, -0.25) is 29.4 Å². The molecule has 0 bridgehead atoms. The third kappa shape index (κ3) is 4.95. The number of carbonyl (C=O) groups excluding carboxylic acids is 4. The van der Waals surface area contributed by atoms with Gasteiger partial charge in [0.1, 0.15) is 11.6 Å². The number of nitrogens with one attached hydrogen (secondary N) is 1. The molecule has 1 N–H and O–H groups in total. The molecular formula is C22H27N3O7. The molecule has 1 aliphatic carbocycles. The molecule has 0 spiro atoms. The van der Waals surface area contributed by atoms with E-state index in [-0.39, 0.29) is 29.5 Å². The number of amides is 3. The van der Waals surface area contributed by atoms with Crippen molar-refractivity contribution in [1.29, 1.82) is 0 Å². The van der Waals surface area contributed by atoms with Crippen molar-refractivity contribution in [2.45, 2.75) is 64.5 Å². The van der Waals surface area contributed by atoms with Crippen LogP contribution in [0.4, 0.5) is 5.69 Å². The maximum atomic E-state index is 13.0. The van der Waals surface area contributed by atoms with E-state index in [4.69, 9.17) is 4.74 Å². The number of hydrogen-bond acceptors (Lipinski definition) is 7. The highest BCUT2D eigenvalue weighted by Gasteiger charge is 2.47. The molecule has 1 fully saturated rings. The van der Waals surface area contributed by atoms with Gasteiger partial charge in [-0.15, -0.1) is 0 Å². The normalized spacial score (nSPS) is 17.3. The first-order valence-electron chi connectivity index (χ1n) is 10.8. The Hall–Kier alpha value is -3.30. The van der Waals surface area contributed by atoms with Crippen LogP contribution in [0.5, 0.6) is 0 Å². The van der Waals surface area contributed by atoms with E-state index in [0.717, 1.165) is 43.1 Å². The van der Waals surface area contributed by atoms with Crippen LogP contribution in [0.25, 0.3) is 0 Å². The molecule has 2 aliphatic rings. The molecule has 1 aliphatic heterocycles. The van der Waals surface area contributed by atoms with Gasteiger partial charge >= 0.3 is 5.97 Å². The van der Waals surface area contributed by atoms with E-state index in [2.05, 4.69) is 5.32 Å². The van der Waals surface area contributed by atoms with E-state index < -0.39 is 47.0 Å². The van der Waals surface area contributed by atoms with E-state index in [1.54, 1.807) is 13.8 Å². The Balaban J connectivity index is 1.74. The standard InChI is InChI=1S/C22H27N3O7/c1-13(2)11-17(22(29)32-12-18(26)23-14-7-4-3-5-8-14)24-20(27)15-9-6-10-16(25(30)31)19(15)21(24)28/h6,9-10,13-14,17H,3-5,7-8,11-12H2,1-2H3,(H,23,26). The summed E-state index contributed by atoms with van der Waals surface area (Å²) in [5.74, 6) is -3.13. The Morgan fingerprint density at radius 1 is 1.19 bits per heavy atom. The number of nitrogens with zero attached hydrogens (tertiary/aromatic N) is 2. The Morgan fingerprint density at radius 3 is 2.50 bits per heavy atom. The van der Waals surface area contributed by atoms with Gasteiger partial charge in [0.2, 0.25) is 0 Å². The van der Waals surface area contributed by atoms with Crippen LogP contribution < -0.4 is 5.32 Å². The lowest BCUT2D eigenvalue weighted by Gasteiger charge is -2.26. The van der Waals surface area contributed by atoms with Crippen molar-refractivity contribution >= 4 is 29.4 Å². The average Bonchev–Trinajstić information content (AvgIpc) is 3.01. The SMILES string of the molecule is CC(C)CC(C(=O)OCC(=O)NC1CCCCC1)N1C(=O)c2cccc([N+](=O)[O-])c2C1=O. The lowest BCUT2D eigenvalue weighted by atomic mass is 9.95. The number of nitro benzene ring substituents is 1. The van der Waals surface area contributed by atoms with Gasteiger partial charge < -0.3 is 10.1 Å². The molecule has 172 valence electrons.